The molecular weight excluding hydrogens is 393 g/mol. The molecule has 0 aliphatic heterocycles. The largest absolute Gasteiger partial charge is 0.493 e. The van der Waals surface area contributed by atoms with E-state index < -0.39 is 0 Å². The molecular formula is C23H29Cl2NO2. The predicted octanol–water partition coefficient (Wildman–Crippen LogP) is 6.78. The van der Waals surface area contributed by atoms with E-state index in [9.17, 15) is 0 Å². The van der Waals surface area contributed by atoms with E-state index in [1.54, 1.807) is 13.2 Å². The van der Waals surface area contributed by atoms with Gasteiger partial charge in [0.05, 0.1) is 17.2 Å². The maximum atomic E-state index is 6.16. The van der Waals surface area contributed by atoms with Gasteiger partial charge in [-0.05, 0) is 36.6 Å². The highest BCUT2D eigenvalue weighted by Crippen LogP contribution is 2.33. The Labute approximate surface area is 178 Å². The van der Waals surface area contributed by atoms with Gasteiger partial charge in [-0.1, -0.05) is 73.5 Å². The Morgan fingerprint density at radius 3 is 2.43 bits per heavy atom. The van der Waals surface area contributed by atoms with Gasteiger partial charge in [-0.25, -0.2) is 0 Å². The first kappa shape index (κ1) is 21.3. The summed E-state index contributed by atoms with van der Waals surface area (Å²) < 4.78 is 11.7. The molecule has 0 bridgehead atoms. The molecule has 0 heterocycles. The van der Waals surface area contributed by atoms with Crippen molar-refractivity contribution in [1.82, 2.24) is 5.32 Å². The van der Waals surface area contributed by atoms with Gasteiger partial charge in [0.25, 0.3) is 0 Å². The molecule has 5 heteroatoms. The molecule has 0 radical (unpaired) electrons. The molecule has 28 heavy (non-hydrogen) atoms. The van der Waals surface area contributed by atoms with Crippen molar-refractivity contribution in [3.8, 4) is 11.5 Å². The third-order valence-corrected chi connectivity index (χ3v) is 6.07. The van der Waals surface area contributed by atoms with Crippen LogP contribution >= 0.6 is 23.2 Å². The van der Waals surface area contributed by atoms with Gasteiger partial charge in [0.1, 0.15) is 6.61 Å². The lowest BCUT2D eigenvalue weighted by molar-refractivity contribution is 0.279. The monoisotopic (exact) mass is 421 g/mol. The fraction of sp³-hybridized carbons (Fsp3) is 0.478. The molecule has 2 aromatic rings. The van der Waals surface area contributed by atoms with E-state index in [1.165, 1.54) is 44.9 Å². The van der Waals surface area contributed by atoms with Crippen LogP contribution in [-0.4, -0.2) is 13.2 Å². The molecule has 3 rings (SSSR count). The van der Waals surface area contributed by atoms with Crippen molar-refractivity contribution in [2.24, 2.45) is 0 Å². The average molecular weight is 422 g/mol. The molecule has 2 aromatic carbocycles. The first-order chi connectivity index (χ1) is 13.7. The molecule has 1 aliphatic carbocycles. The smallest absolute Gasteiger partial charge is 0.166 e. The maximum Gasteiger partial charge on any atom is 0.166 e. The second kappa shape index (κ2) is 10.9. The number of hydrogen-bond donors (Lipinski definition) is 1. The molecule has 1 N–H and O–H groups in total. The third kappa shape index (κ3) is 6.04. The zero-order valence-electron chi connectivity index (χ0n) is 16.5. The third-order valence-electron chi connectivity index (χ3n) is 5.33. The van der Waals surface area contributed by atoms with Gasteiger partial charge in [-0.3, -0.25) is 0 Å². The summed E-state index contributed by atoms with van der Waals surface area (Å²) in [6, 6.07) is 12.2. The van der Waals surface area contributed by atoms with Crippen LogP contribution in [-0.2, 0) is 13.2 Å². The van der Waals surface area contributed by atoms with Gasteiger partial charge in [0.2, 0.25) is 0 Å². The zero-order chi connectivity index (χ0) is 19.8. The summed E-state index contributed by atoms with van der Waals surface area (Å²) in [5, 5.41) is 4.82. The van der Waals surface area contributed by atoms with E-state index in [1.807, 2.05) is 24.3 Å². The van der Waals surface area contributed by atoms with Crippen molar-refractivity contribution in [3.05, 3.63) is 57.6 Å². The van der Waals surface area contributed by atoms with Crippen LogP contribution in [0.2, 0.25) is 10.0 Å². The Hall–Kier alpha value is -1.42. The minimum absolute atomic E-state index is 0.410. The number of benzene rings is 2. The van der Waals surface area contributed by atoms with E-state index in [-0.39, 0.29) is 0 Å². The molecule has 1 saturated carbocycles. The molecule has 1 aliphatic rings. The minimum atomic E-state index is 0.410. The van der Waals surface area contributed by atoms with Crippen molar-refractivity contribution < 1.29 is 9.47 Å². The standard InChI is InChI=1S/C23H29Cl2NO2/c1-27-22-11-7-8-18(15-26-19-9-5-3-2-4-6-10-19)23(22)28-16-17-12-13-20(24)21(25)14-17/h7-8,11-14,19,26H,2-6,9-10,15-16H2,1H3. The molecule has 152 valence electrons. The quantitative estimate of drug-likeness (QED) is 0.533. The highest BCUT2D eigenvalue weighted by Gasteiger charge is 2.15. The van der Waals surface area contributed by atoms with Gasteiger partial charge >= 0.3 is 0 Å². The number of halogens is 2. The Kier molecular flexibility index (Phi) is 8.32. The van der Waals surface area contributed by atoms with Crippen molar-refractivity contribution >= 4 is 23.2 Å². The SMILES string of the molecule is COc1cccc(CNC2CCCCCCC2)c1OCc1ccc(Cl)c(Cl)c1. The lowest BCUT2D eigenvalue weighted by Crippen LogP contribution is -2.29. The number of methoxy groups -OCH3 is 1. The van der Waals surface area contributed by atoms with Crippen molar-refractivity contribution in [2.45, 2.75) is 64.1 Å². The molecule has 0 aromatic heterocycles. The summed E-state index contributed by atoms with van der Waals surface area (Å²) in [6.45, 7) is 1.19. The fourth-order valence-electron chi connectivity index (χ4n) is 3.72. The first-order valence-corrected chi connectivity index (χ1v) is 10.9. The van der Waals surface area contributed by atoms with E-state index in [0.717, 1.165) is 29.2 Å². The lowest BCUT2D eigenvalue weighted by Gasteiger charge is -2.22. The molecule has 0 saturated heterocycles. The second-order valence-corrected chi connectivity index (χ2v) is 8.22. The summed E-state index contributed by atoms with van der Waals surface area (Å²) >= 11 is 12.1. The van der Waals surface area contributed by atoms with Gasteiger partial charge < -0.3 is 14.8 Å². The Morgan fingerprint density at radius 2 is 1.71 bits per heavy atom. The number of rotatable bonds is 7. The summed E-state index contributed by atoms with van der Waals surface area (Å²) in [7, 11) is 1.67. The average Bonchev–Trinajstić information content (AvgIpc) is 2.68. The Morgan fingerprint density at radius 1 is 0.964 bits per heavy atom. The van der Waals surface area contributed by atoms with Gasteiger partial charge in [-0.15, -0.1) is 0 Å². The minimum Gasteiger partial charge on any atom is -0.493 e. The molecule has 1 fully saturated rings. The second-order valence-electron chi connectivity index (χ2n) is 7.41. The van der Waals surface area contributed by atoms with Crippen molar-refractivity contribution in [2.75, 3.05) is 7.11 Å². The van der Waals surface area contributed by atoms with Crippen LogP contribution in [0.4, 0.5) is 0 Å². The molecule has 0 spiro atoms. The van der Waals surface area contributed by atoms with E-state index in [2.05, 4.69) is 11.4 Å². The highest BCUT2D eigenvalue weighted by molar-refractivity contribution is 6.42. The lowest BCUT2D eigenvalue weighted by atomic mass is 9.96. The number of para-hydroxylation sites is 1. The summed E-state index contributed by atoms with van der Waals surface area (Å²) in [6.07, 6.45) is 9.24. The number of nitrogens with one attached hydrogen (secondary N) is 1. The van der Waals surface area contributed by atoms with Crippen LogP contribution in [0.5, 0.6) is 11.5 Å². The molecule has 0 amide bonds. The van der Waals surface area contributed by atoms with Crippen molar-refractivity contribution in [1.29, 1.82) is 0 Å². The van der Waals surface area contributed by atoms with Crippen LogP contribution in [0.3, 0.4) is 0 Å². The van der Waals surface area contributed by atoms with Crippen LogP contribution in [0.15, 0.2) is 36.4 Å². The number of ether oxygens (including phenoxy) is 2. The summed E-state index contributed by atoms with van der Waals surface area (Å²) in [5.74, 6) is 1.53. The van der Waals surface area contributed by atoms with Gasteiger partial charge in [0, 0.05) is 18.2 Å². The molecule has 3 nitrogen and oxygen atoms in total. The van der Waals surface area contributed by atoms with Crippen molar-refractivity contribution in [3.63, 3.8) is 0 Å². The topological polar surface area (TPSA) is 30.5 Å². The predicted molar refractivity (Wildman–Crippen MR) is 117 cm³/mol. The van der Waals surface area contributed by atoms with Gasteiger partial charge in [-0.2, -0.15) is 0 Å². The Bertz CT molecular complexity index is 758. The molecule has 0 atom stereocenters. The van der Waals surface area contributed by atoms with Crippen LogP contribution in [0.25, 0.3) is 0 Å². The summed E-state index contributed by atoms with van der Waals surface area (Å²) in [4.78, 5) is 0. The normalized spacial score (nSPS) is 15.7. The van der Waals surface area contributed by atoms with E-state index >= 15 is 0 Å². The van der Waals surface area contributed by atoms with Crippen LogP contribution in [0, 0.1) is 0 Å². The molecule has 0 unspecified atom stereocenters. The Balaban J connectivity index is 1.67. The summed E-state index contributed by atoms with van der Waals surface area (Å²) in [5.41, 5.74) is 2.08. The highest BCUT2D eigenvalue weighted by atomic mass is 35.5. The zero-order valence-corrected chi connectivity index (χ0v) is 18.0. The number of hydrogen-bond acceptors (Lipinski definition) is 3. The fourth-order valence-corrected chi connectivity index (χ4v) is 4.05. The van der Waals surface area contributed by atoms with E-state index in [4.69, 9.17) is 32.7 Å². The van der Waals surface area contributed by atoms with Gasteiger partial charge in [0.15, 0.2) is 11.5 Å². The van der Waals surface area contributed by atoms with Crippen LogP contribution < -0.4 is 14.8 Å². The maximum absolute atomic E-state index is 6.16. The van der Waals surface area contributed by atoms with Crippen LogP contribution in [0.1, 0.15) is 56.1 Å². The first-order valence-electron chi connectivity index (χ1n) is 10.1. The van der Waals surface area contributed by atoms with E-state index in [0.29, 0.717) is 22.7 Å².